The van der Waals surface area contributed by atoms with Crippen molar-refractivity contribution in [2.75, 3.05) is 11.9 Å². The second kappa shape index (κ2) is 6.71. The number of anilines is 1. The Bertz CT molecular complexity index is 393. The van der Waals surface area contributed by atoms with Gasteiger partial charge >= 0.3 is 0 Å². The SMILES string of the molecule is Cc1cc(Br)cnc1NC(=O)CCNC(C)C. The number of hydrogen-bond donors (Lipinski definition) is 2. The number of nitrogens with one attached hydrogen (secondary N) is 2. The average molecular weight is 300 g/mol. The molecule has 2 N–H and O–H groups in total. The molecule has 94 valence electrons. The van der Waals surface area contributed by atoms with Crippen LogP contribution in [0.15, 0.2) is 16.7 Å². The van der Waals surface area contributed by atoms with E-state index in [1.54, 1.807) is 6.20 Å². The predicted molar refractivity (Wildman–Crippen MR) is 73.1 cm³/mol. The normalized spacial score (nSPS) is 10.6. The van der Waals surface area contributed by atoms with Gasteiger partial charge in [-0.1, -0.05) is 13.8 Å². The molecule has 0 aliphatic carbocycles. The second-order valence-corrected chi connectivity index (χ2v) is 5.14. The second-order valence-electron chi connectivity index (χ2n) is 4.23. The molecule has 0 fully saturated rings. The Morgan fingerprint density at radius 2 is 2.24 bits per heavy atom. The van der Waals surface area contributed by atoms with Gasteiger partial charge in [0.25, 0.3) is 0 Å². The zero-order valence-electron chi connectivity index (χ0n) is 10.4. The quantitative estimate of drug-likeness (QED) is 0.878. The van der Waals surface area contributed by atoms with Gasteiger partial charge < -0.3 is 10.6 Å². The summed E-state index contributed by atoms with van der Waals surface area (Å²) in [5.41, 5.74) is 0.949. The number of halogens is 1. The van der Waals surface area contributed by atoms with Crippen molar-refractivity contribution < 1.29 is 4.79 Å². The van der Waals surface area contributed by atoms with Crippen LogP contribution < -0.4 is 10.6 Å². The van der Waals surface area contributed by atoms with Gasteiger partial charge in [-0.2, -0.15) is 0 Å². The van der Waals surface area contributed by atoms with E-state index in [2.05, 4.69) is 45.4 Å². The Labute approximate surface area is 110 Å². The van der Waals surface area contributed by atoms with Crippen LogP contribution in [-0.4, -0.2) is 23.5 Å². The summed E-state index contributed by atoms with van der Waals surface area (Å²) < 4.78 is 0.912. The number of nitrogens with zero attached hydrogens (tertiary/aromatic N) is 1. The number of aromatic nitrogens is 1. The lowest BCUT2D eigenvalue weighted by Gasteiger charge is -2.09. The molecule has 0 saturated heterocycles. The van der Waals surface area contributed by atoms with E-state index in [4.69, 9.17) is 0 Å². The molecule has 0 aliphatic heterocycles. The zero-order chi connectivity index (χ0) is 12.8. The molecule has 0 unspecified atom stereocenters. The minimum absolute atomic E-state index is 0.0175. The molecule has 1 aromatic rings. The van der Waals surface area contributed by atoms with E-state index in [1.165, 1.54) is 0 Å². The van der Waals surface area contributed by atoms with Gasteiger partial charge in [-0.25, -0.2) is 4.98 Å². The predicted octanol–water partition coefficient (Wildman–Crippen LogP) is 2.48. The first-order chi connectivity index (χ1) is 7.99. The lowest BCUT2D eigenvalue weighted by molar-refractivity contribution is -0.116. The van der Waals surface area contributed by atoms with Crippen LogP contribution in [0.4, 0.5) is 5.82 Å². The van der Waals surface area contributed by atoms with Crippen molar-refractivity contribution in [3.63, 3.8) is 0 Å². The van der Waals surface area contributed by atoms with Crippen LogP contribution in [0.1, 0.15) is 25.8 Å². The molecule has 1 rings (SSSR count). The summed E-state index contributed by atoms with van der Waals surface area (Å²) in [6.45, 7) is 6.70. The summed E-state index contributed by atoms with van der Waals surface area (Å²) in [4.78, 5) is 15.8. The van der Waals surface area contributed by atoms with E-state index in [0.29, 0.717) is 24.8 Å². The maximum Gasteiger partial charge on any atom is 0.226 e. The van der Waals surface area contributed by atoms with E-state index in [1.807, 2.05) is 13.0 Å². The Kier molecular flexibility index (Phi) is 5.58. The molecule has 4 nitrogen and oxygen atoms in total. The van der Waals surface area contributed by atoms with Crippen LogP contribution in [-0.2, 0) is 4.79 Å². The third-order valence-electron chi connectivity index (χ3n) is 2.21. The molecule has 0 spiro atoms. The van der Waals surface area contributed by atoms with Gasteiger partial charge in [0, 0.05) is 29.7 Å². The number of hydrogen-bond acceptors (Lipinski definition) is 3. The van der Waals surface area contributed by atoms with Crippen molar-refractivity contribution in [1.29, 1.82) is 0 Å². The highest BCUT2D eigenvalue weighted by atomic mass is 79.9. The third-order valence-corrected chi connectivity index (χ3v) is 2.64. The summed E-state index contributed by atoms with van der Waals surface area (Å²) in [5.74, 6) is 0.610. The van der Waals surface area contributed by atoms with Gasteiger partial charge in [0.2, 0.25) is 5.91 Å². The van der Waals surface area contributed by atoms with Gasteiger partial charge in [-0.15, -0.1) is 0 Å². The molecule has 0 radical (unpaired) electrons. The molecule has 0 aliphatic rings. The monoisotopic (exact) mass is 299 g/mol. The highest BCUT2D eigenvalue weighted by Crippen LogP contribution is 2.16. The third kappa shape index (κ3) is 5.28. The summed E-state index contributed by atoms with van der Waals surface area (Å²) >= 11 is 3.34. The van der Waals surface area contributed by atoms with Crippen molar-refractivity contribution in [3.05, 3.63) is 22.3 Å². The fourth-order valence-electron chi connectivity index (χ4n) is 1.34. The van der Waals surface area contributed by atoms with Crippen molar-refractivity contribution in [2.24, 2.45) is 0 Å². The molecule has 1 amide bonds. The summed E-state index contributed by atoms with van der Waals surface area (Å²) in [6, 6.07) is 2.32. The smallest absolute Gasteiger partial charge is 0.226 e. The molecular formula is C12H18BrN3O. The van der Waals surface area contributed by atoms with Crippen molar-refractivity contribution in [2.45, 2.75) is 33.2 Å². The van der Waals surface area contributed by atoms with Gasteiger partial charge in [0.05, 0.1) is 0 Å². The van der Waals surface area contributed by atoms with Crippen molar-refractivity contribution in [3.8, 4) is 0 Å². The van der Waals surface area contributed by atoms with E-state index >= 15 is 0 Å². The maximum atomic E-state index is 11.6. The molecular weight excluding hydrogens is 282 g/mol. The van der Waals surface area contributed by atoms with Crippen molar-refractivity contribution in [1.82, 2.24) is 10.3 Å². The number of carbonyl (C=O) groups is 1. The lowest BCUT2D eigenvalue weighted by atomic mass is 10.3. The number of amides is 1. The molecule has 0 aromatic carbocycles. The minimum atomic E-state index is -0.0175. The Morgan fingerprint density at radius 3 is 2.82 bits per heavy atom. The topological polar surface area (TPSA) is 54.0 Å². The van der Waals surface area contributed by atoms with Crippen LogP contribution in [0.5, 0.6) is 0 Å². The van der Waals surface area contributed by atoms with Gasteiger partial charge in [0.15, 0.2) is 0 Å². The molecule has 1 aromatic heterocycles. The van der Waals surface area contributed by atoms with Crippen LogP contribution in [0.3, 0.4) is 0 Å². The van der Waals surface area contributed by atoms with E-state index in [9.17, 15) is 4.79 Å². The van der Waals surface area contributed by atoms with E-state index in [0.717, 1.165) is 10.0 Å². The molecule has 1 heterocycles. The van der Waals surface area contributed by atoms with Crippen LogP contribution in [0.2, 0.25) is 0 Å². The average Bonchev–Trinajstić information content (AvgIpc) is 2.21. The van der Waals surface area contributed by atoms with Crippen LogP contribution in [0, 0.1) is 6.92 Å². The minimum Gasteiger partial charge on any atom is -0.314 e. The highest BCUT2D eigenvalue weighted by Gasteiger charge is 2.06. The molecule has 5 heteroatoms. The first kappa shape index (κ1) is 14.1. The molecule has 0 atom stereocenters. The lowest BCUT2D eigenvalue weighted by Crippen LogP contribution is -2.27. The van der Waals surface area contributed by atoms with E-state index < -0.39 is 0 Å². The first-order valence-electron chi connectivity index (χ1n) is 5.64. The first-order valence-corrected chi connectivity index (χ1v) is 6.43. The fraction of sp³-hybridized carbons (Fsp3) is 0.500. The van der Waals surface area contributed by atoms with Gasteiger partial charge in [-0.3, -0.25) is 4.79 Å². The highest BCUT2D eigenvalue weighted by molar-refractivity contribution is 9.10. The van der Waals surface area contributed by atoms with E-state index in [-0.39, 0.29) is 5.91 Å². The Morgan fingerprint density at radius 1 is 1.53 bits per heavy atom. The van der Waals surface area contributed by atoms with Crippen molar-refractivity contribution >= 4 is 27.7 Å². The maximum absolute atomic E-state index is 11.6. The largest absolute Gasteiger partial charge is 0.314 e. The van der Waals surface area contributed by atoms with Gasteiger partial charge in [-0.05, 0) is 34.5 Å². The summed E-state index contributed by atoms with van der Waals surface area (Å²) in [5, 5.41) is 6.00. The van der Waals surface area contributed by atoms with Crippen LogP contribution in [0.25, 0.3) is 0 Å². The number of pyridine rings is 1. The zero-order valence-corrected chi connectivity index (χ0v) is 12.0. The number of rotatable bonds is 5. The summed E-state index contributed by atoms with van der Waals surface area (Å²) in [7, 11) is 0. The van der Waals surface area contributed by atoms with Crippen LogP contribution >= 0.6 is 15.9 Å². The summed E-state index contributed by atoms with van der Waals surface area (Å²) in [6.07, 6.45) is 2.13. The number of aryl methyl sites for hydroxylation is 1. The van der Waals surface area contributed by atoms with Gasteiger partial charge in [0.1, 0.15) is 5.82 Å². The standard InChI is InChI=1S/C12H18BrN3O/c1-8(2)14-5-4-11(17)16-12-9(3)6-10(13)7-15-12/h6-8,14H,4-5H2,1-3H3,(H,15,16,17). The Balaban J connectivity index is 2.45. The fourth-order valence-corrected chi connectivity index (χ4v) is 1.79. The molecule has 0 saturated carbocycles. The Hall–Kier alpha value is -0.940. The molecule has 0 bridgehead atoms. The molecule has 17 heavy (non-hydrogen) atoms. The number of carbonyl (C=O) groups excluding carboxylic acids is 1.